The Labute approximate surface area is 105 Å². The van der Waals surface area contributed by atoms with Crippen LogP contribution in [0.15, 0.2) is 35.1 Å². The summed E-state index contributed by atoms with van der Waals surface area (Å²) in [5.74, 6) is 0.540. The predicted octanol–water partition coefficient (Wildman–Crippen LogP) is 1.79. The van der Waals surface area contributed by atoms with E-state index >= 15 is 0 Å². The Morgan fingerprint density at radius 2 is 2.11 bits per heavy atom. The minimum atomic E-state index is -0.106. The van der Waals surface area contributed by atoms with Crippen LogP contribution in [0.4, 0.5) is 0 Å². The summed E-state index contributed by atoms with van der Waals surface area (Å²) in [6.07, 6.45) is 2.92. The second-order valence-electron chi connectivity index (χ2n) is 4.86. The van der Waals surface area contributed by atoms with Gasteiger partial charge in [-0.05, 0) is 30.7 Å². The number of benzene rings is 1. The third-order valence-electron chi connectivity index (χ3n) is 3.45. The van der Waals surface area contributed by atoms with Gasteiger partial charge in [-0.1, -0.05) is 18.2 Å². The average Bonchev–Trinajstić information content (AvgIpc) is 2.75. The van der Waals surface area contributed by atoms with Crippen LogP contribution in [0.25, 0.3) is 10.8 Å². The molecule has 1 aromatic heterocycles. The van der Waals surface area contributed by atoms with Crippen LogP contribution in [0.3, 0.4) is 0 Å². The van der Waals surface area contributed by atoms with Crippen LogP contribution in [0.5, 0.6) is 5.88 Å². The number of ether oxygens (including phenoxy) is 1. The van der Waals surface area contributed by atoms with E-state index in [1.807, 2.05) is 30.3 Å². The van der Waals surface area contributed by atoms with E-state index in [1.165, 1.54) is 0 Å². The van der Waals surface area contributed by atoms with Crippen LogP contribution in [0.1, 0.15) is 19.3 Å². The standard InChI is InChI=1S/C14H16N2O2/c15-10-5-6-11(8-10)18-13-7-9-3-1-2-4-12(9)14(17)16-13/h1-4,7,10-11H,5-6,8,15H2,(H,16,17). The molecule has 0 radical (unpaired) electrons. The van der Waals surface area contributed by atoms with E-state index < -0.39 is 0 Å². The molecule has 1 aliphatic carbocycles. The lowest BCUT2D eigenvalue weighted by atomic mass is 10.2. The molecule has 0 bridgehead atoms. The highest BCUT2D eigenvalue weighted by Crippen LogP contribution is 2.23. The van der Waals surface area contributed by atoms with Crippen molar-refractivity contribution < 1.29 is 4.74 Å². The number of H-pyrrole nitrogens is 1. The van der Waals surface area contributed by atoms with Gasteiger partial charge in [-0.3, -0.25) is 9.78 Å². The van der Waals surface area contributed by atoms with E-state index in [9.17, 15) is 4.79 Å². The minimum absolute atomic E-state index is 0.106. The van der Waals surface area contributed by atoms with Gasteiger partial charge in [0.25, 0.3) is 5.56 Å². The van der Waals surface area contributed by atoms with E-state index in [-0.39, 0.29) is 17.7 Å². The molecular weight excluding hydrogens is 228 g/mol. The zero-order valence-corrected chi connectivity index (χ0v) is 10.1. The third kappa shape index (κ3) is 2.11. The molecule has 0 saturated heterocycles. The lowest BCUT2D eigenvalue weighted by Gasteiger charge is -2.13. The largest absolute Gasteiger partial charge is 0.476 e. The van der Waals surface area contributed by atoms with Crippen LogP contribution < -0.4 is 16.0 Å². The molecule has 3 N–H and O–H groups in total. The van der Waals surface area contributed by atoms with Crippen molar-refractivity contribution in [2.45, 2.75) is 31.4 Å². The SMILES string of the molecule is NC1CCC(Oc2cc3ccccc3c(=O)[nH]2)C1. The molecule has 94 valence electrons. The Hall–Kier alpha value is -1.81. The number of aromatic amines is 1. The summed E-state index contributed by atoms with van der Waals surface area (Å²) in [6.45, 7) is 0. The quantitative estimate of drug-likeness (QED) is 0.846. The second-order valence-corrected chi connectivity index (χ2v) is 4.86. The molecule has 2 aromatic rings. The summed E-state index contributed by atoms with van der Waals surface area (Å²) >= 11 is 0. The first-order valence-electron chi connectivity index (χ1n) is 6.26. The maximum absolute atomic E-state index is 11.9. The number of hydrogen-bond acceptors (Lipinski definition) is 3. The molecule has 1 saturated carbocycles. The van der Waals surface area contributed by atoms with E-state index in [2.05, 4.69) is 4.98 Å². The minimum Gasteiger partial charge on any atom is -0.476 e. The monoisotopic (exact) mass is 244 g/mol. The highest BCUT2D eigenvalue weighted by atomic mass is 16.5. The molecule has 3 rings (SSSR count). The van der Waals surface area contributed by atoms with Gasteiger partial charge < -0.3 is 10.5 Å². The van der Waals surface area contributed by atoms with Crippen molar-refractivity contribution >= 4 is 10.8 Å². The molecule has 4 heteroatoms. The van der Waals surface area contributed by atoms with Crippen molar-refractivity contribution in [1.29, 1.82) is 0 Å². The maximum atomic E-state index is 11.9. The summed E-state index contributed by atoms with van der Waals surface area (Å²) in [5.41, 5.74) is 5.74. The van der Waals surface area contributed by atoms with E-state index in [0.29, 0.717) is 11.3 Å². The molecule has 1 fully saturated rings. The second kappa shape index (κ2) is 4.46. The van der Waals surface area contributed by atoms with Gasteiger partial charge in [0.2, 0.25) is 0 Å². The predicted molar refractivity (Wildman–Crippen MR) is 70.8 cm³/mol. The summed E-state index contributed by atoms with van der Waals surface area (Å²) in [7, 11) is 0. The fraction of sp³-hybridized carbons (Fsp3) is 0.357. The highest BCUT2D eigenvalue weighted by Gasteiger charge is 2.23. The topological polar surface area (TPSA) is 68.1 Å². The average molecular weight is 244 g/mol. The Bertz CT molecular complexity index is 620. The third-order valence-corrected chi connectivity index (χ3v) is 3.45. The van der Waals surface area contributed by atoms with Crippen LogP contribution in [-0.4, -0.2) is 17.1 Å². The van der Waals surface area contributed by atoms with Gasteiger partial charge >= 0.3 is 0 Å². The van der Waals surface area contributed by atoms with Crippen LogP contribution in [-0.2, 0) is 0 Å². The molecule has 0 aliphatic heterocycles. The van der Waals surface area contributed by atoms with Crippen molar-refractivity contribution in [2.75, 3.05) is 0 Å². The highest BCUT2D eigenvalue weighted by molar-refractivity contribution is 5.82. The summed E-state index contributed by atoms with van der Waals surface area (Å²) in [5, 5.41) is 1.59. The van der Waals surface area contributed by atoms with E-state index in [0.717, 1.165) is 24.6 Å². The molecule has 1 aromatic carbocycles. The Morgan fingerprint density at radius 3 is 2.89 bits per heavy atom. The Morgan fingerprint density at radius 1 is 1.28 bits per heavy atom. The molecular formula is C14H16N2O2. The number of rotatable bonds is 2. The number of nitrogens with one attached hydrogen (secondary N) is 1. The molecule has 1 aliphatic rings. The Balaban J connectivity index is 1.91. The van der Waals surface area contributed by atoms with Crippen molar-refractivity contribution in [3.8, 4) is 5.88 Å². The van der Waals surface area contributed by atoms with Gasteiger partial charge in [-0.2, -0.15) is 0 Å². The van der Waals surface area contributed by atoms with Gasteiger partial charge in [0, 0.05) is 17.5 Å². The summed E-state index contributed by atoms with van der Waals surface area (Å²) in [6, 6.07) is 9.59. The molecule has 0 spiro atoms. The zero-order chi connectivity index (χ0) is 12.5. The first-order chi connectivity index (χ1) is 8.72. The van der Waals surface area contributed by atoms with Crippen LogP contribution in [0.2, 0.25) is 0 Å². The molecule has 0 amide bonds. The lowest BCUT2D eigenvalue weighted by Crippen LogP contribution is -2.20. The first kappa shape index (κ1) is 11.3. The fourth-order valence-corrected chi connectivity index (χ4v) is 2.51. The van der Waals surface area contributed by atoms with Gasteiger partial charge in [0.05, 0.1) is 0 Å². The van der Waals surface area contributed by atoms with Gasteiger partial charge in [0.15, 0.2) is 5.88 Å². The molecule has 2 unspecified atom stereocenters. The van der Waals surface area contributed by atoms with Crippen molar-refractivity contribution in [2.24, 2.45) is 5.73 Å². The zero-order valence-electron chi connectivity index (χ0n) is 10.1. The summed E-state index contributed by atoms with van der Waals surface area (Å²) < 4.78 is 5.80. The molecule has 1 heterocycles. The lowest BCUT2D eigenvalue weighted by molar-refractivity contribution is 0.199. The van der Waals surface area contributed by atoms with E-state index in [4.69, 9.17) is 10.5 Å². The van der Waals surface area contributed by atoms with Crippen LogP contribution >= 0.6 is 0 Å². The van der Waals surface area contributed by atoms with E-state index in [1.54, 1.807) is 0 Å². The maximum Gasteiger partial charge on any atom is 0.258 e. The van der Waals surface area contributed by atoms with Crippen molar-refractivity contribution in [3.63, 3.8) is 0 Å². The van der Waals surface area contributed by atoms with Crippen molar-refractivity contribution in [1.82, 2.24) is 4.98 Å². The fourth-order valence-electron chi connectivity index (χ4n) is 2.51. The number of pyridine rings is 1. The smallest absolute Gasteiger partial charge is 0.258 e. The van der Waals surface area contributed by atoms with Crippen molar-refractivity contribution in [3.05, 3.63) is 40.7 Å². The number of hydrogen-bond donors (Lipinski definition) is 2. The first-order valence-corrected chi connectivity index (χ1v) is 6.26. The van der Waals surface area contributed by atoms with Gasteiger partial charge in [-0.15, -0.1) is 0 Å². The number of aromatic nitrogens is 1. The number of fused-ring (bicyclic) bond motifs is 1. The Kier molecular flexibility index (Phi) is 2.80. The molecule has 18 heavy (non-hydrogen) atoms. The van der Waals surface area contributed by atoms with Gasteiger partial charge in [0.1, 0.15) is 6.10 Å². The molecule has 2 atom stereocenters. The van der Waals surface area contributed by atoms with Gasteiger partial charge in [-0.25, -0.2) is 0 Å². The normalized spacial score (nSPS) is 23.4. The number of nitrogens with two attached hydrogens (primary N) is 1. The van der Waals surface area contributed by atoms with Crippen LogP contribution in [0, 0.1) is 0 Å². The summed E-state index contributed by atoms with van der Waals surface area (Å²) in [4.78, 5) is 14.7. The molecule has 4 nitrogen and oxygen atoms in total.